The molecule has 0 spiro atoms. The molecule has 1 atom stereocenters. The van der Waals surface area contributed by atoms with Gasteiger partial charge < -0.3 is 9.64 Å². The Kier molecular flexibility index (Phi) is 6.75. The molecule has 4 rings (SSSR count). The van der Waals surface area contributed by atoms with Gasteiger partial charge in [0.05, 0.1) is 19.6 Å². The van der Waals surface area contributed by atoms with Gasteiger partial charge in [0, 0.05) is 32.2 Å². The van der Waals surface area contributed by atoms with Gasteiger partial charge in [-0.15, -0.1) is 0 Å². The molecule has 0 saturated carbocycles. The first-order valence-electron chi connectivity index (χ1n) is 10.7. The van der Waals surface area contributed by atoms with Crippen LogP contribution in [-0.4, -0.2) is 55.1 Å². The molecule has 2 heterocycles. The van der Waals surface area contributed by atoms with Gasteiger partial charge in [-0.1, -0.05) is 24.3 Å². The maximum absolute atomic E-state index is 13.4. The van der Waals surface area contributed by atoms with E-state index in [0.29, 0.717) is 50.8 Å². The maximum atomic E-state index is 13.4. The lowest BCUT2D eigenvalue weighted by molar-refractivity contribution is -0.134. The fourth-order valence-electron chi connectivity index (χ4n) is 4.41. The third-order valence-electron chi connectivity index (χ3n) is 5.96. The van der Waals surface area contributed by atoms with Gasteiger partial charge in [-0.05, 0) is 54.1 Å². The van der Waals surface area contributed by atoms with Crippen LogP contribution in [0.15, 0.2) is 42.5 Å². The highest BCUT2D eigenvalue weighted by atomic mass is 19.1. The van der Waals surface area contributed by atoms with Crippen molar-refractivity contribution < 1.29 is 18.3 Å². The van der Waals surface area contributed by atoms with Crippen LogP contribution in [0.5, 0.6) is 0 Å². The van der Waals surface area contributed by atoms with E-state index in [1.807, 2.05) is 4.90 Å². The molecule has 0 radical (unpaired) electrons. The number of hydrogen-bond donors (Lipinski definition) is 0. The number of halogens is 2. The standard InChI is InChI=1S/C24H28F2N2O2/c25-22-12-21(13-23(26)15-22)17-27-6-5-20(16-27)11-18-1-3-19(4-2-18)14-24(29)28-7-9-30-10-8-28/h1-4,12-13,15,20H,5-11,14,16-17H2. The smallest absolute Gasteiger partial charge is 0.227 e. The maximum Gasteiger partial charge on any atom is 0.227 e. The highest BCUT2D eigenvalue weighted by Crippen LogP contribution is 2.23. The molecule has 1 unspecified atom stereocenters. The summed E-state index contributed by atoms with van der Waals surface area (Å²) in [6.07, 6.45) is 2.49. The molecule has 2 aromatic rings. The van der Waals surface area contributed by atoms with Crippen molar-refractivity contribution in [2.45, 2.75) is 25.8 Å². The normalized spacial score (nSPS) is 19.9. The summed E-state index contributed by atoms with van der Waals surface area (Å²) in [5.74, 6) is -0.351. The molecule has 4 nitrogen and oxygen atoms in total. The summed E-state index contributed by atoms with van der Waals surface area (Å²) < 4.78 is 32.1. The highest BCUT2D eigenvalue weighted by Gasteiger charge is 2.23. The summed E-state index contributed by atoms with van der Waals surface area (Å²) >= 11 is 0. The van der Waals surface area contributed by atoms with Gasteiger partial charge >= 0.3 is 0 Å². The Hall–Kier alpha value is -2.31. The zero-order chi connectivity index (χ0) is 20.9. The summed E-state index contributed by atoms with van der Waals surface area (Å²) in [5.41, 5.74) is 2.99. The van der Waals surface area contributed by atoms with E-state index in [1.165, 1.54) is 17.7 Å². The summed E-state index contributed by atoms with van der Waals surface area (Å²) in [7, 11) is 0. The zero-order valence-corrected chi connectivity index (χ0v) is 17.2. The molecule has 2 fully saturated rings. The van der Waals surface area contributed by atoms with E-state index in [2.05, 4.69) is 29.2 Å². The number of ether oxygens (including phenoxy) is 1. The van der Waals surface area contributed by atoms with E-state index < -0.39 is 11.6 Å². The number of carbonyl (C=O) groups excluding carboxylic acids is 1. The number of benzene rings is 2. The number of morpholine rings is 1. The molecular weight excluding hydrogens is 386 g/mol. The van der Waals surface area contributed by atoms with Crippen molar-refractivity contribution in [2.75, 3.05) is 39.4 Å². The van der Waals surface area contributed by atoms with E-state index in [9.17, 15) is 13.6 Å². The third-order valence-corrected chi connectivity index (χ3v) is 5.96. The Labute approximate surface area is 176 Å². The molecule has 0 bridgehead atoms. The van der Waals surface area contributed by atoms with Crippen LogP contribution in [0, 0.1) is 17.6 Å². The molecule has 0 N–H and O–H groups in total. The lowest BCUT2D eigenvalue weighted by Crippen LogP contribution is -2.41. The Morgan fingerprint density at radius 1 is 0.933 bits per heavy atom. The molecule has 2 aliphatic rings. The Morgan fingerprint density at radius 2 is 1.60 bits per heavy atom. The number of hydrogen-bond acceptors (Lipinski definition) is 3. The number of nitrogens with zero attached hydrogens (tertiary/aromatic N) is 2. The van der Waals surface area contributed by atoms with Crippen molar-refractivity contribution in [3.8, 4) is 0 Å². The van der Waals surface area contributed by atoms with Crippen LogP contribution in [0.3, 0.4) is 0 Å². The van der Waals surface area contributed by atoms with E-state index in [4.69, 9.17) is 4.74 Å². The topological polar surface area (TPSA) is 32.8 Å². The molecule has 0 aliphatic carbocycles. The SMILES string of the molecule is O=C(Cc1ccc(CC2CCN(Cc3cc(F)cc(F)c3)C2)cc1)N1CCOCC1. The van der Waals surface area contributed by atoms with E-state index in [-0.39, 0.29) is 5.91 Å². The van der Waals surface area contributed by atoms with E-state index in [1.54, 1.807) is 0 Å². The molecular formula is C24H28F2N2O2. The molecule has 6 heteroatoms. The zero-order valence-electron chi connectivity index (χ0n) is 17.2. The van der Waals surface area contributed by atoms with Gasteiger partial charge in [0.15, 0.2) is 0 Å². The van der Waals surface area contributed by atoms with Gasteiger partial charge in [0.1, 0.15) is 11.6 Å². The average Bonchev–Trinajstić information content (AvgIpc) is 3.16. The van der Waals surface area contributed by atoms with Crippen LogP contribution >= 0.6 is 0 Å². The van der Waals surface area contributed by atoms with Crippen LogP contribution in [0.1, 0.15) is 23.1 Å². The minimum Gasteiger partial charge on any atom is -0.378 e. The van der Waals surface area contributed by atoms with Crippen LogP contribution in [0.2, 0.25) is 0 Å². The van der Waals surface area contributed by atoms with Crippen molar-refractivity contribution in [3.63, 3.8) is 0 Å². The molecule has 0 aromatic heterocycles. The summed E-state index contributed by atoms with van der Waals surface area (Å²) in [4.78, 5) is 16.5. The van der Waals surface area contributed by atoms with Crippen molar-refractivity contribution >= 4 is 5.91 Å². The molecule has 160 valence electrons. The average molecular weight is 414 g/mol. The predicted octanol–water partition coefficient (Wildman–Crippen LogP) is 3.43. The predicted molar refractivity (Wildman–Crippen MR) is 111 cm³/mol. The number of likely N-dealkylation sites (tertiary alicyclic amines) is 1. The fourth-order valence-corrected chi connectivity index (χ4v) is 4.41. The van der Waals surface area contributed by atoms with Crippen molar-refractivity contribution in [3.05, 3.63) is 70.8 Å². The Balaban J connectivity index is 1.26. The minimum absolute atomic E-state index is 0.159. The van der Waals surface area contributed by atoms with Crippen LogP contribution in [0.25, 0.3) is 0 Å². The lowest BCUT2D eigenvalue weighted by Gasteiger charge is -2.26. The van der Waals surface area contributed by atoms with Crippen molar-refractivity contribution in [2.24, 2.45) is 5.92 Å². The van der Waals surface area contributed by atoms with Crippen LogP contribution < -0.4 is 0 Å². The van der Waals surface area contributed by atoms with Crippen molar-refractivity contribution in [1.82, 2.24) is 9.80 Å². The van der Waals surface area contributed by atoms with E-state index >= 15 is 0 Å². The Bertz CT molecular complexity index is 846. The molecule has 2 saturated heterocycles. The molecule has 2 aromatic carbocycles. The largest absolute Gasteiger partial charge is 0.378 e. The Morgan fingerprint density at radius 3 is 2.30 bits per heavy atom. The third kappa shape index (κ3) is 5.64. The molecule has 1 amide bonds. The van der Waals surface area contributed by atoms with Gasteiger partial charge in [0.2, 0.25) is 5.91 Å². The second kappa shape index (κ2) is 9.67. The minimum atomic E-state index is -0.520. The quantitative estimate of drug-likeness (QED) is 0.726. The summed E-state index contributed by atoms with van der Waals surface area (Å²) in [6.45, 7) is 5.04. The van der Waals surface area contributed by atoms with Gasteiger partial charge in [-0.2, -0.15) is 0 Å². The second-order valence-electron chi connectivity index (χ2n) is 8.36. The van der Waals surface area contributed by atoms with Gasteiger partial charge in [-0.3, -0.25) is 9.69 Å². The second-order valence-corrected chi connectivity index (χ2v) is 8.36. The number of carbonyl (C=O) groups is 1. The fraction of sp³-hybridized carbons (Fsp3) is 0.458. The monoisotopic (exact) mass is 414 g/mol. The van der Waals surface area contributed by atoms with Gasteiger partial charge in [-0.25, -0.2) is 8.78 Å². The highest BCUT2D eigenvalue weighted by molar-refractivity contribution is 5.78. The first kappa shape index (κ1) is 20.9. The van der Waals surface area contributed by atoms with Crippen LogP contribution in [0.4, 0.5) is 8.78 Å². The molecule has 30 heavy (non-hydrogen) atoms. The summed E-state index contributed by atoms with van der Waals surface area (Å²) in [6, 6.07) is 12.1. The molecule has 2 aliphatic heterocycles. The lowest BCUT2D eigenvalue weighted by atomic mass is 9.97. The van der Waals surface area contributed by atoms with Gasteiger partial charge in [0.25, 0.3) is 0 Å². The summed E-state index contributed by atoms with van der Waals surface area (Å²) in [5, 5.41) is 0. The first-order chi connectivity index (χ1) is 14.5. The van der Waals surface area contributed by atoms with E-state index in [0.717, 1.165) is 37.6 Å². The first-order valence-corrected chi connectivity index (χ1v) is 10.7. The van der Waals surface area contributed by atoms with Crippen LogP contribution in [-0.2, 0) is 28.9 Å². The number of rotatable bonds is 6. The number of amides is 1. The van der Waals surface area contributed by atoms with Crippen molar-refractivity contribution in [1.29, 1.82) is 0 Å².